The summed E-state index contributed by atoms with van der Waals surface area (Å²) in [6.07, 6.45) is 7.53. The molecule has 0 radical (unpaired) electrons. The molecule has 1 aromatic heterocycles. The van der Waals surface area contributed by atoms with Crippen molar-refractivity contribution in [1.82, 2.24) is 15.5 Å². The van der Waals surface area contributed by atoms with Gasteiger partial charge < -0.3 is 5.32 Å². The van der Waals surface area contributed by atoms with E-state index in [-0.39, 0.29) is 16.6 Å². The highest BCUT2D eigenvalue weighted by molar-refractivity contribution is 7.92. The second-order valence-corrected chi connectivity index (χ2v) is 9.19. The Morgan fingerprint density at radius 1 is 1.11 bits per heavy atom. The van der Waals surface area contributed by atoms with Gasteiger partial charge in [0.2, 0.25) is 5.03 Å². The molecule has 1 fully saturated rings. The molecule has 0 aliphatic heterocycles. The molecule has 3 rings (SSSR count). The van der Waals surface area contributed by atoms with Crippen LogP contribution >= 0.6 is 11.6 Å². The predicted molar refractivity (Wildman–Crippen MR) is 109 cm³/mol. The first-order chi connectivity index (χ1) is 13.4. The van der Waals surface area contributed by atoms with Crippen LogP contribution in [0.25, 0.3) is 0 Å². The minimum atomic E-state index is -4.03. The van der Waals surface area contributed by atoms with Gasteiger partial charge in [0.15, 0.2) is 0 Å². The maximum atomic E-state index is 12.9. The molecule has 152 valence electrons. The van der Waals surface area contributed by atoms with Crippen LogP contribution in [0, 0.1) is 6.92 Å². The lowest BCUT2D eigenvalue weighted by atomic mass is 9.96. The topological polar surface area (TPSA) is 104 Å². The monoisotopic (exact) mass is 424 g/mol. The van der Waals surface area contributed by atoms with Crippen LogP contribution < -0.4 is 10.0 Å². The van der Waals surface area contributed by atoms with Crippen LogP contribution in [-0.2, 0) is 10.0 Å². The number of rotatable bonds is 5. The van der Waals surface area contributed by atoms with Gasteiger partial charge in [-0.05, 0) is 44.0 Å². The van der Waals surface area contributed by atoms with Gasteiger partial charge in [0.1, 0.15) is 5.56 Å². The number of amides is 1. The summed E-state index contributed by atoms with van der Waals surface area (Å²) in [7, 11) is -4.03. The standard InChI is InChI=1S/C19H25ClN4O3S/c1-13-17(18(25)21-15-7-5-3-2-4-6-8-15)19(23-22-13)28(26,27)24-16-11-9-14(20)10-12-16/h9-12,15,24H,2-8H2,1H3,(H,21,25)(H,22,23). The van der Waals surface area contributed by atoms with Gasteiger partial charge in [0, 0.05) is 22.4 Å². The first kappa shape index (κ1) is 20.7. The molecule has 7 nitrogen and oxygen atoms in total. The Kier molecular flexibility index (Phi) is 6.61. The molecule has 2 aromatic rings. The maximum Gasteiger partial charge on any atom is 0.282 e. The van der Waals surface area contributed by atoms with Crippen molar-refractivity contribution in [1.29, 1.82) is 0 Å². The van der Waals surface area contributed by atoms with Crippen LogP contribution in [0.4, 0.5) is 5.69 Å². The maximum absolute atomic E-state index is 12.9. The zero-order chi connectivity index (χ0) is 20.1. The number of aromatic nitrogens is 2. The van der Waals surface area contributed by atoms with Crippen molar-refractivity contribution in [2.75, 3.05) is 4.72 Å². The number of carbonyl (C=O) groups excluding carboxylic acids is 1. The van der Waals surface area contributed by atoms with E-state index in [0.717, 1.165) is 25.7 Å². The van der Waals surface area contributed by atoms with Gasteiger partial charge in [-0.15, -0.1) is 0 Å². The van der Waals surface area contributed by atoms with E-state index in [4.69, 9.17) is 11.6 Å². The van der Waals surface area contributed by atoms with Crippen molar-refractivity contribution in [3.8, 4) is 0 Å². The molecule has 0 saturated heterocycles. The molecular weight excluding hydrogens is 400 g/mol. The second-order valence-electron chi connectivity index (χ2n) is 7.16. The van der Waals surface area contributed by atoms with Crippen molar-refractivity contribution < 1.29 is 13.2 Å². The molecule has 0 spiro atoms. The Hall–Kier alpha value is -2.06. The van der Waals surface area contributed by atoms with Crippen LogP contribution in [0.15, 0.2) is 29.3 Å². The average molecular weight is 425 g/mol. The van der Waals surface area contributed by atoms with Crippen molar-refractivity contribution >= 4 is 33.2 Å². The fourth-order valence-electron chi connectivity index (χ4n) is 3.45. The highest BCUT2D eigenvalue weighted by Gasteiger charge is 2.29. The Morgan fingerprint density at radius 3 is 2.36 bits per heavy atom. The molecule has 0 bridgehead atoms. The van der Waals surface area contributed by atoms with Crippen LogP contribution in [0.2, 0.25) is 5.02 Å². The third-order valence-electron chi connectivity index (χ3n) is 4.93. The van der Waals surface area contributed by atoms with Crippen LogP contribution in [0.3, 0.4) is 0 Å². The Bertz CT molecular complexity index is 917. The van der Waals surface area contributed by atoms with Gasteiger partial charge in [-0.2, -0.15) is 13.5 Å². The molecule has 9 heteroatoms. The zero-order valence-corrected chi connectivity index (χ0v) is 17.4. The van der Waals surface area contributed by atoms with E-state index < -0.39 is 15.9 Å². The summed E-state index contributed by atoms with van der Waals surface area (Å²) < 4.78 is 28.1. The highest BCUT2D eigenvalue weighted by atomic mass is 35.5. The first-order valence-corrected chi connectivity index (χ1v) is 11.4. The fourth-order valence-corrected chi connectivity index (χ4v) is 4.80. The SMILES string of the molecule is Cc1[nH]nc(S(=O)(=O)Nc2ccc(Cl)cc2)c1C(=O)NC1CCCCCCC1. The van der Waals surface area contributed by atoms with E-state index in [0.29, 0.717) is 16.4 Å². The summed E-state index contributed by atoms with van der Waals surface area (Å²) in [5.74, 6) is -0.409. The largest absolute Gasteiger partial charge is 0.349 e. The smallest absolute Gasteiger partial charge is 0.282 e. The molecular formula is C19H25ClN4O3S. The van der Waals surface area contributed by atoms with Gasteiger partial charge in [-0.25, -0.2) is 0 Å². The summed E-state index contributed by atoms with van der Waals surface area (Å²) in [5, 5.41) is 9.71. The van der Waals surface area contributed by atoms with E-state index in [9.17, 15) is 13.2 Å². The number of nitrogens with one attached hydrogen (secondary N) is 3. The number of hydrogen-bond donors (Lipinski definition) is 3. The quantitative estimate of drug-likeness (QED) is 0.674. The summed E-state index contributed by atoms with van der Waals surface area (Å²) in [4.78, 5) is 12.9. The van der Waals surface area contributed by atoms with Gasteiger partial charge in [-0.1, -0.05) is 43.7 Å². The molecule has 0 unspecified atom stereocenters. The number of H-pyrrole nitrogens is 1. The zero-order valence-electron chi connectivity index (χ0n) is 15.8. The minimum Gasteiger partial charge on any atom is -0.349 e. The van der Waals surface area contributed by atoms with Crippen molar-refractivity contribution in [2.24, 2.45) is 0 Å². The van der Waals surface area contributed by atoms with E-state index >= 15 is 0 Å². The lowest BCUT2D eigenvalue weighted by Crippen LogP contribution is -2.36. The number of benzene rings is 1. The van der Waals surface area contributed by atoms with E-state index in [1.54, 1.807) is 31.2 Å². The molecule has 1 aliphatic carbocycles. The van der Waals surface area contributed by atoms with E-state index in [1.165, 1.54) is 19.3 Å². The molecule has 1 heterocycles. The molecule has 28 heavy (non-hydrogen) atoms. The molecule has 1 aromatic carbocycles. The molecule has 3 N–H and O–H groups in total. The predicted octanol–water partition coefficient (Wildman–Crippen LogP) is 4.02. The summed E-state index contributed by atoms with van der Waals surface area (Å²) in [5.41, 5.74) is 0.819. The lowest BCUT2D eigenvalue weighted by Gasteiger charge is -2.21. The molecule has 1 amide bonds. The second kappa shape index (κ2) is 8.96. The number of anilines is 1. The van der Waals surface area contributed by atoms with E-state index in [1.807, 2.05) is 0 Å². The Labute approximate surface area is 170 Å². The van der Waals surface area contributed by atoms with Gasteiger partial charge in [0.05, 0.1) is 0 Å². The summed E-state index contributed by atoms with van der Waals surface area (Å²) in [6.45, 7) is 1.64. The van der Waals surface area contributed by atoms with Crippen molar-refractivity contribution in [3.63, 3.8) is 0 Å². The van der Waals surface area contributed by atoms with E-state index in [2.05, 4.69) is 20.2 Å². The minimum absolute atomic E-state index is 0.0573. The normalized spacial score (nSPS) is 16.2. The average Bonchev–Trinajstić information content (AvgIpc) is 3.01. The Balaban J connectivity index is 1.79. The van der Waals surface area contributed by atoms with Crippen molar-refractivity contribution in [2.45, 2.75) is 62.9 Å². The van der Waals surface area contributed by atoms with Gasteiger partial charge in [-0.3, -0.25) is 14.6 Å². The highest BCUT2D eigenvalue weighted by Crippen LogP contribution is 2.23. The third-order valence-corrected chi connectivity index (χ3v) is 6.49. The van der Waals surface area contributed by atoms with Crippen LogP contribution in [0.1, 0.15) is 61.0 Å². The molecule has 0 atom stereocenters. The Morgan fingerprint density at radius 2 is 1.71 bits per heavy atom. The number of aromatic amines is 1. The third kappa shape index (κ3) is 5.05. The van der Waals surface area contributed by atoms with Crippen LogP contribution in [0.5, 0.6) is 0 Å². The van der Waals surface area contributed by atoms with Crippen molar-refractivity contribution in [3.05, 3.63) is 40.5 Å². The number of aryl methyl sites for hydroxylation is 1. The molecule has 1 aliphatic rings. The fraction of sp³-hybridized carbons (Fsp3) is 0.474. The lowest BCUT2D eigenvalue weighted by molar-refractivity contribution is 0.0926. The number of carbonyl (C=O) groups is 1. The number of nitrogens with zero attached hydrogens (tertiary/aromatic N) is 1. The number of halogens is 1. The summed E-state index contributed by atoms with van der Waals surface area (Å²) in [6, 6.07) is 6.32. The first-order valence-electron chi connectivity index (χ1n) is 9.51. The van der Waals surface area contributed by atoms with Crippen LogP contribution in [-0.4, -0.2) is 30.6 Å². The molecule has 1 saturated carbocycles. The number of hydrogen-bond acceptors (Lipinski definition) is 4. The van der Waals surface area contributed by atoms with Gasteiger partial charge in [0.25, 0.3) is 15.9 Å². The van der Waals surface area contributed by atoms with Gasteiger partial charge >= 0.3 is 0 Å². The number of sulfonamides is 1. The summed E-state index contributed by atoms with van der Waals surface area (Å²) >= 11 is 5.84.